The van der Waals surface area contributed by atoms with Gasteiger partial charge in [0.05, 0.1) is 5.21 Å². The van der Waals surface area contributed by atoms with Crippen LogP contribution in [0.25, 0.3) is 0 Å². The number of hydrogen-bond acceptors (Lipinski definition) is 2. The smallest absolute Gasteiger partial charge is 0.277 e. The molecule has 0 unspecified atom stereocenters. The maximum Gasteiger partial charge on any atom is 0.277 e. The fourth-order valence-electron chi connectivity index (χ4n) is 0.0538. The van der Waals surface area contributed by atoms with E-state index in [0.717, 1.165) is 11.8 Å². The molecule has 0 aromatic carbocycles. The number of nitrogens with two attached hydrogens (primary N) is 1. The van der Waals surface area contributed by atoms with Crippen LogP contribution >= 0.6 is 23.4 Å². The van der Waals surface area contributed by atoms with E-state index in [-0.39, 0.29) is 5.21 Å². The summed E-state index contributed by atoms with van der Waals surface area (Å²) in [7, 11) is 0. The van der Waals surface area contributed by atoms with E-state index in [1.165, 1.54) is 0 Å². The third-order valence-corrected chi connectivity index (χ3v) is 0.918. The van der Waals surface area contributed by atoms with Gasteiger partial charge in [-0.05, 0) is 11.8 Å². The third kappa shape index (κ3) is 4.11. The Hall–Kier alpha value is 0.110. The molecule has 0 aromatic heterocycles. The van der Waals surface area contributed by atoms with Crippen molar-refractivity contribution in [3.63, 3.8) is 0 Å². The number of alkyl halides is 1. The molecule has 0 aliphatic carbocycles. The monoisotopic (exact) mass is 125 g/mol. The van der Waals surface area contributed by atoms with Gasteiger partial charge in [-0.15, -0.1) is 11.6 Å². The van der Waals surface area contributed by atoms with Gasteiger partial charge in [-0.1, -0.05) is 0 Å². The van der Waals surface area contributed by atoms with Gasteiger partial charge in [0.2, 0.25) is 0 Å². The van der Waals surface area contributed by atoms with Gasteiger partial charge in [0.25, 0.3) is 5.24 Å². The molecule has 1 amide bonds. The van der Waals surface area contributed by atoms with E-state index in [9.17, 15) is 4.79 Å². The Morgan fingerprint density at radius 1 is 2.00 bits per heavy atom. The predicted molar refractivity (Wildman–Crippen MR) is 27.9 cm³/mol. The van der Waals surface area contributed by atoms with Crippen LogP contribution in [-0.4, -0.2) is 10.5 Å². The Balaban J connectivity index is 2.83. The first-order chi connectivity index (χ1) is 2.77. The first-order valence-corrected chi connectivity index (χ1v) is 2.77. The Bertz CT molecular complexity index is 57.5. The molecule has 0 fully saturated rings. The minimum Gasteiger partial charge on any atom is -0.360 e. The molecule has 36 valence electrons. The van der Waals surface area contributed by atoms with Crippen LogP contribution in [0.1, 0.15) is 0 Å². The minimum absolute atomic E-state index is 0.245. The molecule has 2 N–H and O–H groups in total. The normalized spacial score (nSPS) is 8.17. The van der Waals surface area contributed by atoms with Crippen molar-refractivity contribution in [1.82, 2.24) is 0 Å². The van der Waals surface area contributed by atoms with Crippen molar-refractivity contribution in [2.45, 2.75) is 0 Å². The summed E-state index contributed by atoms with van der Waals surface area (Å²) >= 11 is 5.95. The van der Waals surface area contributed by atoms with Crippen LogP contribution in [0.3, 0.4) is 0 Å². The molecule has 0 rings (SSSR count). The first kappa shape index (κ1) is 6.11. The van der Waals surface area contributed by atoms with E-state index >= 15 is 0 Å². The largest absolute Gasteiger partial charge is 0.360 e. The molecule has 0 aliphatic heterocycles. The predicted octanol–water partition coefficient (Wildman–Crippen LogP) is 0.995. The number of amides is 1. The van der Waals surface area contributed by atoms with E-state index in [0.29, 0.717) is 0 Å². The van der Waals surface area contributed by atoms with Gasteiger partial charge in [0, 0.05) is 0 Å². The van der Waals surface area contributed by atoms with Gasteiger partial charge in [0.15, 0.2) is 0 Å². The van der Waals surface area contributed by atoms with Gasteiger partial charge >= 0.3 is 0 Å². The fraction of sp³-hybridized carbons (Fsp3) is 0.500. The number of halogens is 1. The lowest BCUT2D eigenvalue weighted by Crippen LogP contribution is -2.00. The molecule has 0 aliphatic rings. The Kier molecular flexibility index (Phi) is 3.37. The van der Waals surface area contributed by atoms with Crippen molar-refractivity contribution in [2.24, 2.45) is 5.73 Å². The molecule has 0 bridgehead atoms. The maximum atomic E-state index is 9.70. The molecule has 0 radical (unpaired) electrons. The van der Waals surface area contributed by atoms with Crippen molar-refractivity contribution in [3.05, 3.63) is 0 Å². The highest BCUT2D eigenvalue weighted by atomic mass is 35.5. The number of rotatable bonds is 1. The summed E-state index contributed by atoms with van der Waals surface area (Å²) in [6.45, 7) is 0. The molecule has 0 saturated carbocycles. The average molecular weight is 126 g/mol. The van der Waals surface area contributed by atoms with Gasteiger partial charge in [0.1, 0.15) is 0 Å². The zero-order valence-electron chi connectivity index (χ0n) is 2.98. The molecule has 0 atom stereocenters. The molecule has 6 heavy (non-hydrogen) atoms. The zero-order chi connectivity index (χ0) is 4.99. The van der Waals surface area contributed by atoms with Crippen LogP contribution in [0.4, 0.5) is 4.79 Å². The lowest BCUT2D eigenvalue weighted by molar-refractivity contribution is 0.267. The summed E-state index contributed by atoms with van der Waals surface area (Å²) < 4.78 is 0. The van der Waals surface area contributed by atoms with Crippen molar-refractivity contribution in [3.8, 4) is 0 Å². The van der Waals surface area contributed by atoms with Crippen molar-refractivity contribution in [2.75, 3.05) is 5.21 Å². The number of primary amides is 1. The fourth-order valence-corrected chi connectivity index (χ4v) is 0.484. The van der Waals surface area contributed by atoms with E-state index < -0.39 is 5.24 Å². The van der Waals surface area contributed by atoms with Gasteiger partial charge < -0.3 is 5.73 Å². The van der Waals surface area contributed by atoms with E-state index in [4.69, 9.17) is 11.6 Å². The average Bonchev–Trinajstić information content (AvgIpc) is 1.35. The Morgan fingerprint density at radius 2 is 2.50 bits per heavy atom. The summed E-state index contributed by atoms with van der Waals surface area (Å²) in [5.74, 6) is 0. The molecule has 0 heterocycles. The zero-order valence-corrected chi connectivity index (χ0v) is 4.55. The van der Waals surface area contributed by atoms with Crippen LogP contribution in [0.15, 0.2) is 0 Å². The van der Waals surface area contributed by atoms with Crippen LogP contribution in [-0.2, 0) is 0 Å². The second-order valence-corrected chi connectivity index (χ2v) is 2.14. The third-order valence-electron chi connectivity index (χ3n) is 0.197. The van der Waals surface area contributed by atoms with Crippen molar-refractivity contribution >= 4 is 28.6 Å². The lowest BCUT2D eigenvalue weighted by Gasteiger charge is -1.79. The van der Waals surface area contributed by atoms with Crippen molar-refractivity contribution < 1.29 is 4.79 Å². The van der Waals surface area contributed by atoms with Crippen LogP contribution < -0.4 is 5.73 Å². The van der Waals surface area contributed by atoms with Gasteiger partial charge in [-0.25, -0.2) is 0 Å². The Labute approximate surface area is 45.0 Å². The summed E-state index contributed by atoms with van der Waals surface area (Å²) in [5.41, 5.74) is 4.64. The standard InChI is InChI=1S/C2H4ClNOS/c3-1-6-2(4)5/h1H2,(H2,4,5). The topological polar surface area (TPSA) is 43.1 Å². The van der Waals surface area contributed by atoms with E-state index in [2.05, 4.69) is 5.73 Å². The number of carbonyl (C=O) groups excluding carboxylic acids is 1. The van der Waals surface area contributed by atoms with Gasteiger partial charge in [-0.3, -0.25) is 4.79 Å². The number of carbonyl (C=O) groups is 1. The molecule has 0 spiro atoms. The molecule has 2 nitrogen and oxygen atoms in total. The van der Waals surface area contributed by atoms with Crippen LogP contribution in [0.5, 0.6) is 0 Å². The molecular formula is C2H4ClNOS. The molecule has 0 aromatic rings. The second kappa shape index (κ2) is 3.31. The highest BCUT2D eigenvalue weighted by Crippen LogP contribution is 1.99. The van der Waals surface area contributed by atoms with Crippen LogP contribution in [0, 0.1) is 0 Å². The first-order valence-electron chi connectivity index (χ1n) is 1.25. The highest BCUT2D eigenvalue weighted by molar-refractivity contribution is 8.14. The number of hydrogen-bond donors (Lipinski definition) is 1. The summed E-state index contributed by atoms with van der Waals surface area (Å²) in [4.78, 5) is 9.70. The number of thioether (sulfide) groups is 1. The Morgan fingerprint density at radius 3 is 2.50 bits per heavy atom. The van der Waals surface area contributed by atoms with E-state index in [1.54, 1.807) is 0 Å². The maximum absolute atomic E-state index is 9.70. The van der Waals surface area contributed by atoms with E-state index in [1.807, 2.05) is 0 Å². The minimum atomic E-state index is -0.426. The molecule has 4 heteroatoms. The molecular weight excluding hydrogens is 122 g/mol. The summed E-state index contributed by atoms with van der Waals surface area (Å²) in [6, 6.07) is 0. The van der Waals surface area contributed by atoms with Crippen LogP contribution in [0.2, 0.25) is 0 Å². The van der Waals surface area contributed by atoms with Gasteiger partial charge in [-0.2, -0.15) is 0 Å². The molecule has 0 saturated heterocycles. The quantitative estimate of drug-likeness (QED) is 0.532. The highest BCUT2D eigenvalue weighted by Gasteiger charge is 1.86. The summed E-state index contributed by atoms with van der Waals surface area (Å²) in [6.07, 6.45) is 0. The second-order valence-electron chi connectivity index (χ2n) is 0.572. The van der Waals surface area contributed by atoms with Crippen molar-refractivity contribution in [1.29, 1.82) is 0 Å². The lowest BCUT2D eigenvalue weighted by atomic mass is 11.5. The summed E-state index contributed by atoms with van der Waals surface area (Å²) in [5, 5.41) is -0.181. The SMILES string of the molecule is NC(=O)SCCl.